The minimum Gasteiger partial charge on any atom is -0.269 e. The predicted octanol–water partition coefficient (Wildman–Crippen LogP) is 5.20. The number of non-ortho nitro benzene ring substituents is 1. The van der Waals surface area contributed by atoms with Crippen LogP contribution in [0.5, 0.6) is 0 Å². The van der Waals surface area contributed by atoms with Crippen LogP contribution >= 0.6 is 23.1 Å². The lowest BCUT2D eigenvalue weighted by Gasteiger charge is -2.09. The number of thiophene rings is 1. The number of rotatable bonds is 6. The fraction of sp³-hybridized carbons (Fsp3) is 0.0526. The molecule has 0 saturated carbocycles. The number of nitro groups is 1. The molecule has 2 aromatic heterocycles. The van der Waals surface area contributed by atoms with Gasteiger partial charge in [0.25, 0.3) is 5.69 Å². The van der Waals surface area contributed by atoms with Crippen LogP contribution in [0.2, 0.25) is 0 Å². The number of aromatic nitrogens is 3. The van der Waals surface area contributed by atoms with E-state index in [4.69, 9.17) is 0 Å². The minimum atomic E-state index is -0.379. The average Bonchev–Trinajstić information content (AvgIpc) is 3.37. The second-order valence-electron chi connectivity index (χ2n) is 5.67. The van der Waals surface area contributed by atoms with Gasteiger partial charge >= 0.3 is 0 Å². The third-order valence-electron chi connectivity index (χ3n) is 3.88. The van der Waals surface area contributed by atoms with Gasteiger partial charge in [-0.3, -0.25) is 14.7 Å². The number of benzene rings is 2. The largest absolute Gasteiger partial charge is 0.269 e. The summed E-state index contributed by atoms with van der Waals surface area (Å²) in [6.07, 6.45) is 0. The summed E-state index contributed by atoms with van der Waals surface area (Å²) in [4.78, 5) is 11.6. The molecule has 0 fully saturated rings. The maximum Gasteiger partial charge on any atom is 0.269 e. The Balaban J connectivity index is 1.67. The van der Waals surface area contributed by atoms with E-state index in [-0.39, 0.29) is 10.6 Å². The van der Waals surface area contributed by atoms with Gasteiger partial charge in [-0.2, -0.15) is 0 Å². The SMILES string of the molecule is O=[N+]([O-])c1cccc(CSc2nnc(-c3cccs3)n2-c2ccccc2)c1. The maximum absolute atomic E-state index is 11.0. The van der Waals surface area contributed by atoms with Crippen molar-refractivity contribution in [2.75, 3.05) is 0 Å². The van der Waals surface area contributed by atoms with Crippen molar-refractivity contribution in [2.45, 2.75) is 10.9 Å². The summed E-state index contributed by atoms with van der Waals surface area (Å²) < 4.78 is 2.02. The first-order valence-corrected chi connectivity index (χ1v) is 10.00. The molecule has 2 aromatic carbocycles. The zero-order valence-electron chi connectivity index (χ0n) is 14.1. The highest BCUT2D eigenvalue weighted by atomic mass is 32.2. The van der Waals surface area contributed by atoms with Crippen LogP contribution in [-0.4, -0.2) is 19.7 Å². The Labute approximate surface area is 163 Å². The van der Waals surface area contributed by atoms with E-state index in [1.165, 1.54) is 17.8 Å². The molecule has 134 valence electrons. The molecule has 0 saturated heterocycles. The Hall–Kier alpha value is -2.97. The van der Waals surface area contributed by atoms with Crippen LogP contribution in [0.1, 0.15) is 5.56 Å². The second kappa shape index (κ2) is 7.73. The highest BCUT2D eigenvalue weighted by molar-refractivity contribution is 7.98. The first kappa shape index (κ1) is 17.4. The number of hydrogen-bond acceptors (Lipinski definition) is 6. The molecule has 0 radical (unpaired) electrons. The summed E-state index contributed by atoms with van der Waals surface area (Å²) >= 11 is 3.12. The van der Waals surface area contributed by atoms with Crippen LogP contribution in [0, 0.1) is 10.1 Å². The first-order chi connectivity index (χ1) is 13.2. The van der Waals surface area contributed by atoms with Crippen molar-refractivity contribution in [2.24, 2.45) is 0 Å². The van der Waals surface area contributed by atoms with E-state index in [9.17, 15) is 10.1 Å². The molecule has 8 heteroatoms. The summed E-state index contributed by atoms with van der Waals surface area (Å²) in [5.41, 5.74) is 1.94. The van der Waals surface area contributed by atoms with Gasteiger partial charge < -0.3 is 0 Å². The van der Waals surface area contributed by atoms with Gasteiger partial charge in [0.15, 0.2) is 11.0 Å². The number of nitrogens with zero attached hydrogens (tertiary/aromatic N) is 4. The molecule has 0 aliphatic carbocycles. The summed E-state index contributed by atoms with van der Waals surface area (Å²) in [5.74, 6) is 1.36. The van der Waals surface area contributed by atoms with Crippen LogP contribution in [-0.2, 0) is 5.75 Å². The van der Waals surface area contributed by atoms with Gasteiger partial charge in [0, 0.05) is 23.6 Å². The maximum atomic E-state index is 11.0. The Kier molecular flexibility index (Phi) is 4.99. The molecule has 4 rings (SSSR count). The second-order valence-corrected chi connectivity index (χ2v) is 7.56. The van der Waals surface area contributed by atoms with Gasteiger partial charge in [0.1, 0.15) is 0 Å². The van der Waals surface area contributed by atoms with Crippen molar-refractivity contribution in [3.05, 3.63) is 87.8 Å². The third-order valence-corrected chi connectivity index (χ3v) is 5.74. The standard InChI is InChI=1S/C19H14N4O2S2/c24-23(25)16-9-4-6-14(12-16)13-27-19-21-20-18(17-10-5-11-26-17)22(19)15-7-2-1-3-8-15/h1-12H,13H2. The lowest BCUT2D eigenvalue weighted by Crippen LogP contribution is -1.99. The highest BCUT2D eigenvalue weighted by Crippen LogP contribution is 2.32. The number of nitro benzene ring substituents is 1. The average molecular weight is 394 g/mol. The van der Waals surface area contributed by atoms with Crippen molar-refractivity contribution >= 4 is 28.8 Å². The smallest absolute Gasteiger partial charge is 0.269 e. The van der Waals surface area contributed by atoms with Gasteiger partial charge in [0.05, 0.1) is 9.80 Å². The van der Waals surface area contributed by atoms with Crippen molar-refractivity contribution < 1.29 is 4.92 Å². The molecule has 4 aromatic rings. The molecule has 0 amide bonds. The van der Waals surface area contributed by atoms with E-state index in [0.717, 1.165) is 27.1 Å². The Morgan fingerprint density at radius 1 is 1.04 bits per heavy atom. The molecule has 0 aliphatic heterocycles. The van der Waals surface area contributed by atoms with E-state index in [1.807, 2.05) is 58.5 Å². The molecule has 0 atom stereocenters. The minimum absolute atomic E-state index is 0.0944. The normalized spacial score (nSPS) is 10.8. The van der Waals surface area contributed by atoms with E-state index in [2.05, 4.69) is 10.2 Å². The van der Waals surface area contributed by atoms with Gasteiger partial charge in [-0.25, -0.2) is 0 Å². The number of hydrogen-bond donors (Lipinski definition) is 0. The van der Waals surface area contributed by atoms with Gasteiger partial charge in [-0.1, -0.05) is 48.2 Å². The Bertz CT molecular complexity index is 1060. The van der Waals surface area contributed by atoms with E-state index < -0.39 is 0 Å². The molecule has 0 bridgehead atoms. The predicted molar refractivity (Wildman–Crippen MR) is 107 cm³/mol. The van der Waals surface area contributed by atoms with Gasteiger partial charge in [-0.05, 0) is 29.1 Å². The molecular weight excluding hydrogens is 380 g/mol. The van der Waals surface area contributed by atoms with Crippen LogP contribution < -0.4 is 0 Å². The first-order valence-electron chi connectivity index (χ1n) is 8.13. The summed E-state index contributed by atoms with van der Waals surface area (Å²) in [5, 5.41) is 22.5. The van der Waals surface area contributed by atoms with Crippen molar-refractivity contribution in [3.8, 4) is 16.4 Å². The monoisotopic (exact) mass is 394 g/mol. The molecule has 27 heavy (non-hydrogen) atoms. The van der Waals surface area contributed by atoms with Crippen molar-refractivity contribution in [3.63, 3.8) is 0 Å². The van der Waals surface area contributed by atoms with Crippen molar-refractivity contribution in [1.29, 1.82) is 0 Å². The molecular formula is C19H14N4O2S2. The van der Waals surface area contributed by atoms with Gasteiger partial charge in [0.2, 0.25) is 0 Å². The van der Waals surface area contributed by atoms with E-state index in [1.54, 1.807) is 23.5 Å². The summed E-state index contributed by atoms with van der Waals surface area (Å²) in [6.45, 7) is 0. The molecule has 6 nitrogen and oxygen atoms in total. The van der Waals surface area contributed by atoms with E-state index in [0.29, 0.717) is 5.75 Å². The molecule has 0 spiro atoms. The topological polar surface area (TPSA) is 73.8 Å². The van der Waals surface area contributed by atoms with Crippen LogP contribution in [0.15, 0.2) is 77.3 Å². The van der Waals surface area contributed by atoms with Crippen LogP contribution in [0.4, 0.5) is 5.69 Å². The Morgan fingerprint density at radius 2 is 1.89 bits per heavy atom. The van der Waals surface area contributed by atoms with Crippen molar-refractivity contribution in [1.82, 2.24) is 14.8 Å². The zero-order valence-corrected chi connectivity index (χ0v) is 15.7. The Morgan fingerprint density at radius 3 is 2.63 bits per heavy atom. The molecule has 2 heterocycles. The molecule has 0 aliphatic rings. The van der Waals surface area contributed by atoms with Crippen LogP contribution in [0.25, 0.3) is 16.4 Å². The fourth-order valence-electron chi connectivity index (χ4n) is 2.65. The number of para-hydroxylation sites is 1. The third kappa shape index (κ3) is 3.76. The summed E-state index contributed by atoms with van der Waals surface area (Å²) in [6, 6.07) is 20.6. The number of thioether (sulfide) groups is 1. The lowest BCUT2D eigenvalue weighted by molar-refractivity contribution is -0.384. The van der Waals surface area contributed by atoms with Crippen LogP contribution in [0.3, 0.4) is 0 Å². The summed E-state index contributed by atoms with van der Waals surface area (Å²) in [7, 11) is 0. The highest BCUT2D eigenvalue weighted by Gasteiger charge is 2.17. The molecule has 0 unspecified atom stereocenters. The lowest BCUT2D eigenvalue weighted by atomic mass is 10.2. The molecule has 0 N–H and O–H groups in total. The van der Waals surface area contributed by atoms with E-state index >= 15 is 0 Å². The quantitative estimate of drug-likeness (QED) is 0.255. The van der Waals surface area contributed by atoms with Gasteiger partial charge in [-0.15, -0.1) is 21.5 Å². The fourth-order valence-corrected chi connectivity index (χ4v) is 4.24. The zero-order chi connectivity index (χ0) is 18.6.